The summed E-state index contributed by atoms with van der Waals surface area (Å²) in [6, 6.07) is 23.7. The van der Waals surface area contributed by atoms with E-state index in [0.717, 1.165) is 35.5 Å². The summed E-state index contributed by atoms with van der Waals surface area (Å²) in [6.45, 7) is 0. The van der Waals surface area contributed by atoms with E-state index in [1.165, 1.54) is 64.2 Å². The van der Waals surface area contributed by atoms with Crippen LogP contribution in [0.15, 0.2) is 71.8 Å². The molecule has 0 radical (unpaired) electrons. The van der Waals surface area contributed by atoms with Crippen LogP contribution in [0.25, 0.3) is 0 Å². The molecule has 0 amide bonds. The number of hydrogen-bond donors (Lipinski definition) is 0. The molecule has 8 fully saturated rings. The Balaban J connectivity index is 1.41. The molecule has 0 aliphatic heterocycles. The van der Waals surface area contributed by atoms with E-state index in [9.17, 15) is 0 Å². The normalized spacial score (nSPS) is 47.9. The summed E-state index contributed by atoms with van der Waals surface area (Å²) in [5.74, 6) is 5.63. The van der Waals surface area contributed by atoms with E-state index < -0.39 is 0 Å². The van der Waals surface area contributed by atoms with E-state index >= 15 is 0 Å². The Morgan fingerprint density at radius 1 is 0.438 bits per heavy atom. The first-order valence-corrected chi connectivity index (χ1v) is 13.6. The van der Waals surface area contributed by atoms with Gasteiger partial charge in [-0.2, -0.15) is 0 Å². The van der Waals surface area contributed by atoms with E-state index in [2.05, 4.69) is 60.7 Å². The summed E-state index contributed by atoms with van der Waals surface area (Å²) in [5, 5.41) is 0. The van der Waals surface area contributed by atoms with Crippen molar-refractivity contribution in [3.63, 3.8) is 0 Å². The average Bonchev–Trinajstić information content (AvgIpc) is 2.81. The van der Waals surface area contributed by atoms with Gasteiger partial charge in [0.1, 0.15) is 0 Å². The van der Waals surface area contributed by atoms with Crippen LogP contribution in [0.5, 0.6) is 0 Å². The van der Waals surface area contributed by atoms with Gasteiger partial charge in [0.25, 0.3) is 0 Å². The molecule has 8 bridgehead atoms. The fraction of sp³-hybridized carbons (Fsp3) is 0.562. The van der Waals surface area contributed by atoms with Crippen LogP contribution >= 0.6 is 0 Å². The highest BCUT2D eigenvalue weighted by molar-refractivity contribution is 5.53. The van der Waals surface area contributed by atoms with E-state index in [0.29, 0.717) is 10.8 Å². The zero-order valence-corrected chi connectivity index (χ0v) is 19.3. The van der Waals surface area contributed by atoms with Gasteiger partial charge in [-0.05, 0) is 111 Å². The molecule has 0 nitrogen and oxygen atoms in total. The van der Waals surface area contributed by atoms with E-state index in [1.54, 1.807) is 11.1 Å². The molecular weight excluding hydrogens is 384 g/mol. The Labute approximate surface area is 193 Å². The van der Waals surface area contributed by atoms with Crippen LogP contribution in [-0.4, -0.2) is 0 Å². The highest BCUT2D eigenvalue weighted by Gasteiger charge is 2.61. The van der Waals surface area contributed by atoms with Gasteiger partial charge in [-0.3, -0.25) is 0 Å². The first-order valence-electron chi connectivity index (χ1n) is 13.6. The zero-order chi connectivity index (χ0) is 20.9. The van der Waals surface area contributed by atoms with Crippen molar-refractivity contribution in [3.8, 4) is 0 Å². The number of hydrogen-bond acceptors (Lipinski definition) is 0. The second-order valence-electron chi connectivity index (χ2n) is 12.8. The van der Waals surface area contributed by atoms with Crippen LogP contribution < -0.4 is 0 Å². The first kappa shape index (κ1) is 18.6. The van der Waals surface area contributed by atoms with Crippen LogP contribution in [-0.2, 0) is 10.8 Å². The lowest BCUT2D eigenvalue weighted by Gasteiger charge is -2.65. The maximum atomic E-state index is 2.50. The van der Waals surface area contributed by atoms with Crippen molar-refractivity contribution in [2.75, 3.05) is 0 Å². The summed E-state index contributed by atoms with van der Waals surface area (Å²) in [5.41, 5.74) is 8.04. The Hall–Kier alpha value is -1.82. The lowest BCUT2D eigenvalue weighted by atomic mass is 9.39. The van der Waals surface area contributed by atoms with Crippen molar-refractivity contribution >= 4 is 0 Å². The number of benzene rings is 2. The van der Waals surface area contributed by atoms with Crippen molar-refractivity contribution in [2.24, 2.45) is 35.5 Å². The van der Waals surface area contributed by atoms with Crippen molar-refractivity contribution in [1.29, 1.82) is 0 Å². The molecule has 8 atom stereocenters. The molecule has 0 heteroatoms. The van der Waals surface area contributed by atoms with Crippen molar-refractivity contribution in [3.05, 3.63) is 82.9 Å². The molecule has 0 saturated heterocycles. The molecule has 4 unspecified atom stereocenters. The Morgan fingerprint density at radius 2 is 0.781 bits per heavy atom. The SMILES string of the molecule is c1ccc(C23C[C@@H]4CC(C[C@@H](C4)C2)/C3=C2\C3C[C@@H]4C[C@H](C3)CC2(c2ccccc2)C4)cc1. The third kappa shape index (κ3) is 2.35. The van der Waals surface area contributed by atoms with Gasteiger partial charge in [0.2, 0.25) is 0 Å². The van der Waals surface area contributed by atoms with E-state index in [-0.39, 0.29) is 0 Å². The standard InChI is InChI=1S/C32H36/c1-3-7-27(8-4-1)31-17-21-11-22(18-31)14-25(13-21)29(31)30-26-15-23-12-24(16-26)20-32(30,19-23)28-9-5-2-6-10-28/h1-10,21-26H,11-20H2/b30-29-/t21-,22+,23-,24+,25?,26?,31?,32?. The smallest absolute Gasteiger partial charge is 0.0173 e. The maximum Gasteiger partial charge on any atom is 0.0173 e. The largest absolute Gasteiger partial charge is 0.0622 e. The molecule has 0 aromatic heterocycles. The van der Waals surface area contributed by atoms with Crippen LogP contribution in [0.1, 0.15) is 75.3 Å². The highest BCUT2D eigenvalue weighted by Crippen LogP contribution is 2.70. The molecule has 2 aromatic carbocycles. The third-order valence-electron chi connectivity index (χ3n) is 11.1. The summed E-state index contributed by atoms with van der Waals surface area (Å²) in [7, 11) is 0. The van der Waals surface area contributed by atoms with Gasteiger partial charge in [0, 0.05) is 10.8 Å². The maximum absolute atomic E-state index is 2.50. The van der Waals surface area contributed by atoms with Gasteiger partial charge >= 0.3 is 0 Å². The Morgan fingerprint density at radius 3 is 1.12 bits per heavy atom. The van der Waals surface area contributed by atoms with Crippen molar-refractivity contribution in [1.82, 2.24) is 0 Å². The molecule has 10 rings (SSSR count). The lowest BCUT2D eigenvalue weighted by Crippen LogP contribution is -2.56. The molecule has 8 saturated carbocycles. The van der Waals surface area contributed by atoms with Gasteiger partial charge in [0.15, 0.2) is 0 Å². The van der Waals surface area contributed by atoms with Gasteiger partial charge in [-0.1, -0.05) is 71.8 Å². The molecule has 8 aliphatic rings. The Bertz CT molecular complexity index is 960. The van der Waals surface area contributed by atoms with Crippen molar-refractivity contribution in [2.45, 2.75) is 75.0 Å². The zero-order valence-electron chi connectivity index (χ0n) is 19.3. The summed E-state index contributed by atoms with van der Waals surface area (Å²) >= 11 is 0. The van der Waals surface area contributed by atoms with Crippen LogP contribution in [0.4, 0.5) is 0 Å². The van der Waals surface area contributed by atoms with Crippen molar-refractivity contribution < 1.29 is 0 Å². The Kier molecular flexibility index (Phi) is 3.72. The minimum Gasteiger partial charge on any atom is -0.0622 e. The number of allylic oxidation sites excluding steroid dienone is 2. The van der Waals surface area contributed by atoms with Crippen LogP contribution in [0, 0.1) is 35.5 Å². The van der Waals surface area contributed by atoms with Gasteiger partial charge in [-0.25, -0.2) is 0 Å². The quantitative estimate of drug-likeness (QED) is 0.434. The predicted molar refractivity (Wildman–Crippen MR) is 130 cm³/mol. The predicted octanol–water partition coefficient (Wildman–Crippen LogP) is 7.84. The lowest BCUT2D eigenvalue weighted by molar-refractivity contribution is 0.0173. The summed E-state index contributed by atoms with van der Waals surface area (Å²) < 4.78 is 0. The topological polar surface area (TPSA) is 0 Å². The van der Waals surface area contributed by atoms with E-state index in [4.69, 9.17) is 0 Å². The van der Waals surface area contributed by atoms with E-state index in [1.807, 2.05) is 11.1 Å². The monoisotopic (exact) mass is 420 g/mol. The average molecular weight is 421 g/mol. The van der Waals surface area contributed by atoms with Gasteiger partial charge in [0.05, 0.1) is 0 Å². The molecule has 0 N–H and O–H groups in total. The first-order chi connectivity index (χ1) is 15.7. The summed E-state index contributed by atoms with van der Waals surface area (Å²) in [6.07, 6.45) is 14.8. The van der Waals surface area contributed by atoms with Crippen LogP contribution in [0.2, 0.25) is 0 Å². The molecule has 8 aliphatic carbocycles. The van der Waals surface area contributed by atoms with Crippen LogP contribution in [0.3, 0.4) is 0 Å². The molecule has 2 aromatic rings. The molecule has 32 heavy (non-hydrogen) atoms. The molecule has 0 spiro atoms. The van der Waals surface area contributed by atoms with Gasteiger partial charge < -0.3 is 0 Å². The highest BCUT2D eigenvalue weighted by atomic mass is 14.7. The summed E-state index contributed by atoms with van der Waals surface area (Å²) in [4.78, 5) is 0. The molecule has 0 heterocycles. The van der Waals surface area contributed by atoms with Gasteiger partial charge in [-0.15, -0.1) is 0 Å². The molecular formula is C32H36. The third-order valence-corrected chi connectivity index (χ3v) is 11.1. The number of rotatable bonds is 2. The molecule has 164 valence electrons. The fourth-order valence-corrected chi connectivity index (χ4v) is 10.9. The fourth-order valence-electron chi connectivity index (χ4n) is 10.9. The minimum absolute atomic E-state index is 0.350. The minimum atomic E-state index is 0.350. The second-order valence-corrected chi connectivity index (χ2v) is 12.8. The second kappa shape index (κ2) is 6.40.